The quantitative estimate of drug-likeness (QED) is 0.170. The highest BCUT2D eigenvalue weighted by Gasteiger charge is 2.26. The second-order valence-electron chi connectivity index (χ2n) is 14.8. The lowest BCUT2D eigenvalue weighted by Crippen LogP contribution is -2.25. The molecule has 0 radical (unpaired) electrons. The van der Waals surface area contributed by atoms with Gasteiger partial charge >= 0.3 is 11.9 Å². The molecule has 2 heterocycles. The first-order valence-corrected chi connectivity index (χ1v) is 16.8. The zero-order chi connectivity index (χ0) is 37.6. The van der Waals surface area contributed by atoms with Gasteiger partial charge < -0.3 is 9.47 Å². The Balaban J connectivity index is 0.000000278. The summed E-state index contributed by atoms with van der Waals surface area (Å²) in [5.41, 5.74) is 7.02. The normalized spacial score (nSPS) is 12.7. The molecular weight excluding hydrogens is 632 g/mol. The predicted octanol–water partition coefficient (Wildman–Crippen LogP) is 8.19. The van der Waals surface area contributed by atoms with Crippen molar-refractivity contribution in [2.24, 2.45) is 10.8 Å². The molecule has 2 aromatic carbocycles. The average molecular weight is 685 g/mol. The van der Waals surface area contributed by atoms with Gasteiger partial charge in [0.2, 0.25) is 11.8 Å². The van der Waals surface area contributed by atoms with Crippen molar-refractivity contribution in [3.05, 3.63) is 106 Å². The number of carbonyl (C=O) groups is 4. The van der Waals surface area contributed by atoms with E-state index in [1.54, 1.807) is 17.1 Å². The summed E-state index contributed by atoms with van der Waals surface area (Å²) in [6.07, 6.45) is 6.69. The number of nitrogens with zero attached hydrogens (tertiary/aromatic N) is 4. The van der Waals surface area contributed by atoms with Gasteiger partial charge in [0.15, 0.2) is 0 Å². The third kappa shape index (κ3) is 10.1. The molecule has 10 heteroatoms. The lowest BCUT2D eigenvalue weighted by Gasteiger charge is -2.19. The molecule has 0 spiro atoms. The maximum atomic E-state index is 12.5. The van der Waals surface area contributed by atoms with Crippen LogP contribution in [-0.2, 0) is 32.3 Å². The van der Waals surface area contributed by atoms with Crippen LogP contribution in [0, 0.1) is 24.7 Å². The van der Waals surface area contributed by atoms with Crippen molar-refractivity contribution >= 4 is 23.8 Å². The van der Waals surface area contributed by atoms with Crippen molar-refractivity contribution < 1.29 is 28.7 Å². The largest absolute Gasteiger partial charge is 0.461 e. The van der Waals surface area contributed by atoms with Crippen LogP contribution in [0.25, 0.3) is 0 Å². The predicted molar refractivity (Wildman–Crippen MR) is 193 cm³/mol. The van der Waals surface area contributed by atoms with Gasteiger partial charge in [-0.15, -0.1) is 0 Å². The fourth-order valence-electron chi connectivity index (χ4n) is 5.31. The third-order valence-corrected chi connectivity index (χ3v) is 8.64. The molecule has 0 amide bonds. The number of hydrogen-bond acceptors (Lipinski definition) is 8. The fraction of sp³-hybridized carbons (Fsp3) is 0.450. The lowest BCUT2D eigenvalue weighted by molar-refractivity contribution is -0.154. The minimum Gasteiger partial charge on any atom is -0.461 e. The monoisotopic (exact) mass is 684 g/mol. The van der Waals surface area contributed by atoms with Crippen molar-refractivity contribution in [3.8, 4) is 0 Å². The summed E-state index contributed by atoms with van der Waals surface area (Å²) in [7, 11) is 0. The smallest absolute Gasteiger partial charge is 0.311 e. The summed E-state index contributed by atoms with van der Waals surface area (Å²) in [6.45, 7) is 22.8. The zero-order valence-electron chi connectivity index (χ0n) is 31.6. The van der Waals surface area contributed by atoms with Crippen LogP contribution in [0.5, 0.6) is 0 Å². The van der Waals surface area contributed by atoms with E-state index in [0.717, 1.165) is 44.8 Å². The Kier molecular flexibility index (Phi) is 12.8. The van der Waals surface area contributed by atoms with Crippen molar-refractivity contribution in [1.29, 1.82) is 0 Å². The number of imidazole rings is 2. The molecule has 0 saturated carbocycles. The fourth-order valence-corrected chi connectivity index (χ4v) is 5.31. The van der Waals surface area contributed by atoms with Gasteiger partial charge in [-0.25, -0.2) is 9.97 Å². The lowest BCUT2D eigenvalue weighted by atomic mass is 9.91. The first-order chi connectivity index (χ1) is 23.2. The van der Waals surface area contributed by atoms with E-state index in [1.807, 2.05) is 98.8 Å². The Hall–Kier alpha value is -4.86. The summed E-state index contributed by atoms with van der Waals surface area (Å²) in [5, 5.41) is 0. The topological polar surface area (TPSA) is 122 Å². The Labute approximate surface area is 296 Å². The third-order valence-electron chi connectivity index (χ3n) is 8.64. The molecule has 2 aromatic heterocycles. The van der Waals surface area contributed by atoms with Gasteiger partial charge in [-0.3, -0.25) is 28.3 Å². The molecule has 0 aliphatic carbocycles. The number of carbonyl (C=O) groups excluding carboxylic acids is 4. The molecule has 4 aromatic rings. The van der Waals surface area contributed by atoms with E-state index >= 15 is 0 Å². The summed E-state index contributed by atoms with van der Waals surface area (Å²) in [5.74, 6) is -0.489. The highest BCUT2D eigenvalue weighted by molar-refractivity contribution is 5.83. The van der Waals surface area contributed by atoms with Gasteiger partial charge in [-0.1, -0.05) is 71.0 Å². The van der Waals surface area contributed by atoms with Crippen LogP contribution < -0.4 is 0 Å². The molecule has 0 bridgehead atoms. The molecule has 0 N–H and O–H groups in total. The molecule has 0 aliphatic heterocycles. The number of esters is 2. The Morgan fingerprint density at radius 3 is 1.52 bits per heavy atom. The van der Waals surface area contributed by atoms with Crippen molar-refractivity contribution in [2.45, 2.75) is 108 Å². The first-order valence-electron chi connectivity index (χ1n) is 16.8. The van der Waals surface area contributed by atoms with Crippen LogP contribution in [0.2, 0.25) is 0 Å². The van der Waals surface area contributed by atoms with E-state index in [4.69, 9.17) is 9.47 Å². The molecular formula is C40H52N4O6. The van der Waals surface area contributed by atoms with Crippen LogP contribution in [0.4, 0.5) is 0 Å². The highest BCUT2D eigenvalue weighted by atomic mass is 16.5. The van der Waals surface area contributed by atoms with E-state index in [1.165, 1.54) is 24.7 Å². The van der Waals surface area contributed by atoms with Crippen LogP contribution in [0.15, 0.2) is 61.4 Å². The Morgan fingerprint density at radius 1 is 0.680 bits per heavy atom. The number of aromatic nitrogens is 4. The zero-order valence-corrected chi connectivity index (χ0v) is 31.6. The molecule has 4 rings (SSSR count). The van der Waals surface area contributed by atoms with Gasteiger partial charge in [-0.2, -0.15) is 0 Å². The maximum Gasteiger partial charge on any atom is 0.311 e. The van der Waals surface area contributed by atoms with Crippen molar-refractivity contribution in [1.82, 2.24) is 19.1 Å². The van der Waals surface area contributed by atoms with Crippen LogP contribution in [0.3, 0.4) is 0 Å². The number of benzene rings is 2. The van der Waals surface area contributed by atoms with Crippen molar-refractivity contribution in [2.75, 3.05) is 0 Å². The van der Waals surface area contributed by atoms with Crippen molar-refractivity contribution in [3.63, 3.8) is 0 Å². The minimum atomic E-state index is -0.523. The minimum absolute atomic E-state index is 0.0121. The van der Waals surface area contributed by atoms with E-state index in [9.17, 15) is 19.2 Å². The van der Waals surface area contributed by atoms with Gasteiger partial charge in [0.05, 0.1) is 16.8 Å². The van der Waals surface area contributed by atoms with Crippen LogP contribution >= 0.6 is 0 Å². The van der Waals surface area contributed by atoms with Gasteiger partial charge in [0.1, 0.15) is 25.9 Å². The molecule has 0 saturated heterocycles. The number of rotatable bonds is 8. The van der Waals surface area contributed by atoms with E-state index in [0.29, 0.717) is 0 Å². The summed E-state index contributed by atoms with van der Waals surface area (Å²) >= 11 is 0. The van der Waals surface area contributed by atoms with Gasteiger partial charge in [0.25, 0.3) is 0 Å². The van der Waals surface area contributed by atoms with Gasteiger partial charge in [0, 0.05) is 43.5 Å². The first kappa shape index (κ1) is 39.6. The maximum absolute atomic E-state index is 12.5. The standard InChI is InChI=1S/C23H32N2O3.C17H20N2O3/c1-15-17(13-28-21(27)23(6,7)8)10-9-11-18(15)16(2)19-12-25(14-24-19)20(26)22(3,4)5;1-11-15(9-22-14(4)21)6-5-7-16(11)12(2)17-8-19(10-18-17)13(3)20/h9-12,14,16H,13H2,1-8H3;5-8,10,12H,9H2,1-4H3/t16-;12-/m00/s1. The SMILES string of the molecule is CC(=O)OCc1cccc([C@H](C)c2cn(C(C)=O)cn2)c1C.Cc1c(COC(=O)C(C)(C)C)cccc1[C@H](C)c1cn(C(=O)C(C)(C)C)cn1. The molecule has 50 heavy (non-hydrogen) atoms. The Morgan fingerprint density at radius 2 is 1.12 bits per heavy atom. The van der Waals surface area contributed by atoms with E-state index in [-0.39, 0.29) is 48.8 Å². The molecule has 10 nitrogen and oxygen atoms in total. The summed E-state index contributed by atoms with van der Waals surface area (Å²) < 4.78 is 13.6. The van der Waals surface area contributed by atoms with E-state index in [2.05, 4.69) is 23.0 Å². The summed E-state index contributed by atoms with van der Waals surface area (Å²) in [6, 6.07) is 11.9. The number of ether oxygens (including phenoxy) is 2. The molecule has 268 valence electrons. The molecule has 2 atom stereocenters. The molecule has 0 unspecified atom stereocenters. The second kappa shape index (κ2) is 16.2. The van der Waals surface area contributed by atoms with Crippen LogP contribution in [-0.4, -0.2) is 42.9 Å². The second-order valence-corrected chi connectivity index (χ2v) is 14.8. The van der Waals surface area contributed by atoms with E-state index < -0.39 is 10.8 Å². The average Bonchev–Trinajstić information content (AvgIpc) is 3.73. The summed E-state index contributed by atoms with van der Waals surface area (Å²) in [4.78, 5) is 55.6. The highest BCUT2D eigenvalue weighted by Crippen LogP contribution is 2.30. The van der Waals surface area contributed by atoms with Gasteiger partial charge in [-0.05, 0) is 68.0 Å². The molecule has 0 aliphatic rings. The van der Waals surface area contributed by atoms with Crippen LogP contribution in [0.1, 0.15) is 135 Å². The molecule has 0 fully saturated rings. The number of hydrogen-bond donors (Lipinski definition) is 0. The Bertz CT molecular complexity index is 1840.